The Morgan fingerprint density at radius 2 is 2.42 bits per heavy atom. The van der Waals surface area contributed by atoms with Crippen LogP contribution in [0.5, 0.6) is 0 Å². The van der Waals surface area contributed by atoms with Gasteiger partial charge in [0, 0.05) is 6.20 Å². The van der Waals surface area contributed by atoms with E-state index in [2.05, 4.69) is 21.8 Å². The minimum atomic E-state index is 0.714. The summed E-state index contributed by atoms with van der Waals surface area (Å²) in [4.78, 5) is 8.10. The minimum absolute atomic E-state index is 0.714. The van der Waals surface area contributed by atoms with Crippen LogP contribution < -0.4 is 0 Å². The van der Waals surface area contributed by atoms with Gasteiger partial charge in [-0.3, -0.25) is 0 Å². The molecule has 0 aliphatic rings. The highest BCUT2D eigenvalue weighted by atomic mass is 15.3. The highest BCUT2D eigenvalue weighted by Crippen LogP contribution is 2.17. The number of nitrogens with zero attached hydrogens (tertiary/aromatic N) is 4. The van der Waals surface area contributed by atoms with Gasteiger partial charge in [-0.05, 0) is 25.8 Å². The van der Waals surface area contributed by atoms with Crippen molar-refractivity contribution in [1.29, 1.82) is 0 Å². The molecule has 0 saturated carbocycles. The molecule has 2 heterocycles. The largest absolute Gasteiger partial charge is 0.243 e. The molecule has 2 aromatic rings. The first-order valence-corrected chi connectivity index (χ1v) is 3.60. The Hall–Kier alpha value is -1.71. The topological polar surface area (TPSA) is 42.5 Å². The van der Waals surface area contributed by atoms with Crippen LogP contribution in [0.3, 0.4) is 0 Å². The summed E-state index contributed by atoms with van der Waals surface area (Å²) in [5.41, 5.74) is 1.65. The number of aryl methyl sites for hydroxylation is 1. The molecule has 60 valence electrons. The minimum Gasteiger partial charge on any atom is -0.243 e. The van der Waals surface area contributed by atoms with Crippen molar-refractivity contribution in [2.45, 2.75) is 6.92 Å². The van der Waals surface area contributed by atoms with E-state index in [9.17, 15) is 0 Å². The summed E-state index contributed by atoms with van der Waals surface area (Å²) in [5.74, 6) is 0.714. The number of fused-ring (bicyclic) bond motifs is 1. The number of hydrogen-bond acceptors (Lipinski definition) is 3. The molecule has 0 N–H and O–H groups in total. The summed E-state index contributed by atoms with van der Waals surface area (Å²) in [6.45, 7) is 5.35. The molecule has 2 aromatic heterocycles. The third-order valence-corrected chi connectivity index (χ3v) is 1.69. The fraction of sp³-hybridized carbons (Fsp3) is 0.125. The van der Waals surface area contributed by atoms with Crippen molar-refractivity contribution in [3.8, 4) is 0 Å². The summed E-state index contributed by atoms with van der Waals surface area (Å²) in [6.07, 6.45) is 1.70. The maximum absolute atomic E-state index is 4.25. The van der Waals surface area contributed by atoms with Gasteiger partial charge in [-0.2, -0.15) is 9.61 Å². The lowest BCUT2D eigenvalue weighted by atomic mass is 10.5. The second kappa shape index (κ2) is 2.41. The third kappa shape index (κ3) is 0.812. The maximum Gasteiger partial charge on any atom is 0.176 e. The molecule has 0 spiro atoms. The smallest absolute Gasteiger partial charge is 0.176 e. The number of hydrogen-bond donors (Lipinski definition) is 0. The van der Waals surface area contributed by atoms with Crippen LogP contribution in [0.1, 0.15) is 5.69 Å². The zero-order valence-corrected chi connectivity index (χ0v) is 6.73. The van der Waals surface area contributed by atoms with Gasteiger partial charge in [-0.1, -0.05) is 0 Å². The first-order valence-electron chi connectivity index (χ1n) is 3.60. The molecular formula is C8H8N4. The van der Waals surface area contributed by atoms with Crippen molar-refractivity contribution in [2.24, 2.45) is 4.99 Å². The van der Waals surface area contributed by atoms with Crippen molar-refractivity contribution in [1.82, 2.24) is 14.6 Å². The first-order chi connectivity index (χ1) is 5.83. The Bertz CT molecular complexity index is 430. The highest BCUT2D eigenvalue weighted by molar-refractivity contribution is 5.52. The molecule has 0 aromatic carbocycles. The van der Waals surface area contributed by atoms with Crippen LogP contribution in [0.2, 0.25) is 0 Å². The zero-order valence-electron chi connectivity index (χ0n) is 6.73. The normalized spacial score (nSPS) is 10.4. The predicted octanol–water partition coefficient (Wildman–Crippen LogP) is 1.37. The first kappa shape index (κ1) is 6.97. The Balaban J connectivity index is 2.90. The number of imidazole rings is 1. The Kier molecular flexibility index (Phi) is 1.40. The molecule has 0 amide bonds. The van der Waals surface area contributed by atoms with E-state index in [0.717, 1.165) is 11.3 Å². The van der Waals surface area contributed by atoms with Crippen molar-refractivity contribution >= 4 is 18.2 Å². The van der Waals surface area contributed by atoms with Crippen LogP contribution in [0, 0.1) is 6.92 Å². The van der Waals surface area contributed by atoms with Gasteiger partial charge >= 0.3 is 0 Å². The van der Waals surface area contributed by atoms with Crippen LogP contribution in [0.15, 0.2) is 23.3 Å². The van der Waals surface area contributed by atoms with Crippen LogP contribution in [0.4, 0.5) is 5.82 Å². The molecule has 0 fully saturated rings. The van der Waals surface area contributed by atoms with E-state index in [1.54, 1.807) is 10.7 Å². The van der Waals surface area contributed by atoms with E-state index >= 15 is 0 Å². The van der Waals surface area contributed by atoms with Gasteiger partial charge in [0.1, 0.15) is 0 Å². The van der Waals surface area contributed by atoms with Crippen molar-refractivity contribution < 1.29 is 0 Å². The van der Waals surface area contributed by atoms with Gasteiger partial charge in [-0.25, -0.2) is 9.98 Å². The Morgan fingerprint density at radius 1 is 1.58 bits per heavy atom. The molecule has 4 nitrogen and oxygen atoms in total. The predicted molar refractivity (Wildman–Crippen MR) is 46.9 cm³/mol. The molecule has 12 heavy (non-hydrogen) atoms. The lowest BCUT2D eigenvalue weighted by molar-refractivity contribution is 0.934. The SMILES string of the molecule is C=Nc1c(C)nc2cccnn12. The molecular weight excluding hydrogens is 152 g/mol. The second-order valence-electron chi connectivity index (χ2n) is 2.47. The van der Waals surface area contributed by atoms with Crippen LogP contribution in [0.25, 0.3) is 5.65 Å². The third-order valence-electron chi connectivity index (χ3n) is 1.69. The van der Waals surface area contributed by atoms with E-state index in [0.29, 0.717) is 5.82 Å². The standard InChI is InChI=1S/C8H8N4/c1-6-8(9-2)12-7(11-6)4-3-5-10-12/h3-5H,2H2,1H3. The van der Waals surface area contributed by atoms with Gasteiger partial charge in [0.05, 0.1) is 5.69 Å². The van der Waals surface area contributed by atoms with Crippen molar-refractivity contribution in [3.05, 3.63) is 24.0 Å². The zero-order chi connectivity index (χ0) is 8.55. The lowest BCUT2D eigenvalue weighted by Gasteiger charge is -1.91. The Labute approximate surface area is 69.6 Å². The van der Waals surface area contributed by atoms with Gasteiger partial charge < -0.3 is 0 Å². The maximum atomic E-state index is 4.25. The molecule has 0 atom stereocenters. The van der Waals surface area contributed by atoms with E-state index in [1.807, 2.05) is 19.1 Å². The molecule has 0 unspecified atom stereocenters. The molecule has 0 saturated heterocycles. The van der Waals surface area contributed by atoms with Gasteiger partial charge in [-0.15, -0.1) is 0 Å². The molecule has 0 aliphatic heterocycles. The second-order valence-corrected chi connectivity index (χ2v) is 2.47. The van der Waals surface area contributed by atoms with E-state index < -0.39 is 0 Å². The summed E-state index contributed by atoms with van der Waals surface area (Å²) in [6, 6.07) is 3.73. The van der Waals surface area contributed by atoms with E-state index in [-0.39, 0.29) is 0 Å². The number of aromatic nitrogens is 3. The van der Waals surface area contributed by atoms with Gasteiger partial charge in [0.15, 0.2) is 11.5 Å². The highest BCUT2D eigenvalue weighted by Gasteiger charge is 2.05. The average Bonchev–Trinajstić information content (AvgIpc) is 2.40. The summed E-state index contributed by atoms with van der Waals surface area (Å²) < 4.78 is 1.67. The summed E-state index contributed by atoms with van der Waals surface area (Å²) >= 11 is 0. The quantitative estimate of drug-likeness (QED) is 0.591. The lowest BCUT2D eigenvalue weighted by Crippen LogP contribution is -1.87. The van der Waals surface area contributed by atoms with E-state index in [1.165, 1.54) is 0 Å². The van der Waals surface area contributed by atoms with E-state index in [4.69, 9.17) is 0 Å². The fourth-order valence-corrected chi connectivity index (χ4v) is 1.17. The molecule has 0 radical (unpaired) electrons. The van der Waals surface area contributed by atoms with Gasteiger partial charge in [0.2, 0.25) is 0 Å². The fourth-order valence-electron chi connectivity index (χ4n) is 1.17. The van der Waals surface area contributed by atoms with Gasteiger partial charge in [0.25, 0.3) is 0 Å². The summed E-state index contributed by atoms with van der Waals surface area (Å²) in [5, 5.41) is 4.09. The monoisotopic (exact) mass is 160 g/mol. The average molecular weight is 160 g/mol. The number of aliphatic imine (C=N–C) groups is 1. The molecule has 0 bridgehead atoms. The van der Waals surface area contributed by atoms with Crippen LogP contribution in [-0.2, 0) is 0 Å². The molecule has 2 rings (SSSR count). The number of rotatable bonds is 1. The van der Waals surface area contributed by atoms with Crippen LogP contribution in [-0.4, -0.2) is 21.3 Å². The molecule has 0 aliphatic carbocycles. The van der Waals surface area contributed by atoms with Crippen LogP contribution >= 0.6 is 0 Å². The van der Waals surface area contributed by atoms with Crippen molar-refractivity contribution in [2.75, 3.05) is 0 Å². The molecule has 4 heteroatoms. The summed E-state index contributed by atoms with van der Waals surface area (Å²) in [7, 11) is 0. The Morgan fingerprint density at radius 3 is 3.17 bits per heavy atom. The van der Waals surface area contributed by atoms with Crippen molar-refractivity contribution in [3.63, 3.8) is 0 Å².